The van der Waals surface area contributed by atoms with Crippen molar-refractivity contribution in [1.82, 2.24) is 10.3 Å². The third-order valence-electron chi connectivity index (χ3n) is 1.34. The Morgan fingerprint density at radius 1 is 1.80 bits per heavy atom. The zero-order valence-electron chi connectivity index (χ0n) is 7.55. The molecule has 1 unspecified atom stereocenters. The van der Waals surface area contributed by atoms with E-state index in [0.717, 1.165) is 11.3 Å². The molecule has 0 bridgehead atoms. The van der Waals surface area contributed by atoms with E-state index >= 15 is 0 Å². The van der Waals surface area contributed by atoms with E-state index in [-0.39, 0.29) is 10.6 Å². The number of hydrogen-bond acceptors (Lipinski definition) is 6. The molecule has 1 aromatic rings. The molecule has 82 valence electrons. The molecule has 15 heavy (non-hydrogen) atoms. The first-order valence-electron chi connectivity index (χ1n) is 3.79. The molecule has 0 saturated carbocycles. The zero-order chi connectivity index (χ0) is 11.4. The van der Waals surface area contributed by atoms with Crippen LogP contribution in [0.4, 0.5) is 0 Å². The van der Waals surface area contributed by atoms with Crippen molar-refractivity contribution in [3.05, 3.63) is 30.9 Å². The summed E-state index contributed by atoms with van der Waals surface area (Å²) in [5, 5.41) is 12.4. The van der Waals surface area contributed by atoms with Gasteiger partial charge in [-0.1, -0.05) is 11.3 Å². The van der Waals surface area contributed by atoms with Gasteiger partial charge in [-0.3, -0.25) is 14.4 Å². The molecule has 0 radical (unpaired) electrons. The van der Waals surface area contributed by atoms with Gasteiger partial charge in [0.15, 0.2) is 6.23 Å². The first kappa shape index (κ1) is 11.2. The second-order valence-corrected chi connectivity index (χ2v) is 3.35. The predicted octanol–water partition coefficient (Wildman–Crippen LogP) is -0.279. The number of aromatic amines is 1. The maximum Gasteiger partial charge on any atom is 0.305 e. The monoisotopic (exact) mass is 233 g/mol. The van der Waals surface area contributed by atoms with Crippen molar-refractivity contribution in [3.63, 3.8) is 0 Å². The Kier molecular flexibility index (Phi) is 3.39. The van der Waals surface area contributed by atoms with Gasteiger partial charge in [-0.15, -0.1) is 10.1 Å². The summed E-state index contributed by atoms with van der Waals surface area (Å²) < 4.78 is 0. The van der Waals surface area contributed by atoms with E-state index in [4.69, 9.17) is 0 Å². The standard InChI is InChI=1S/C6H7N3O5S/c1-3(14-9(12)13)7-5(10)4-2-15-6(11)8-4/h2-3H,1H3,(H,7,10)(H,8,11). The third kappa shape index (κ3) is 3.38. The second kappa shape index (κ2) is 4.55. The molecule has 1 aromatic heterocycles. The van der Waals surface area contributed by atoms with Crippen molar-refractivity contribution in [2.75, 3.05) is 0 Å². The largest absolute Gasteiger partial charge is 0.326 e. The highest BCUT2D eigenvalue weighted by Crippen LogP contribution is 1.96. The molecular formula is C6H7N3O5S. The van der Waals surface area contributed by atoms with Gasteiger partial charge in [0.2, 0.25) is 0 Å². The highest BCUT2D eigenvalue weighted by Gasteiger charge is 2.13. The highest BCUT2D eigenvalue weighted by molar-refractivity contribution is 7.07. The third-order valence-corrected chi connectivity index (χ3v) is 2.01. The number of hydrogen-bond donors (Lipinski definition) is 2. The maximum atomic E-state index is 11.3. The summed E-state index contributed by atoms with van der Waals surface area (Å²) in [6, 6.07) is 0. The van der Waals surface area contributed by atoms with Crippen molar-refractivity contribution in [2.24, 2.45) is 0 Å². The van der Waals surface area contributed by atoms with Crippen molar-refractivity contribution in [1.29, 1.82) is 0 Å². The number of carbonyl (C=O) groups excluding carboxylic acids is 1. The van der Waals surface area contributed by atoms with E-state index in [0.29, 0.717) is 0 Å². The number of amides is 1. The van der Waals surface area contributed by atoms with Gasteiger partial charge >= 0.3 is 4.87 Å². The second-order valence-electron chi connectivity index (χ2n) is 2.51. The van der Waals surface area contributed by atoms with Crippen LogP contribution in [0.25, 0.3) is 0 Å². The Morgan fingerprint density at radius 3 is 2.93 bits per heavy atom. The lowest BCUT2D eigenvalue weighted by molar-refractivity contribution is -0.768. The predicted molar refractivity (Wildman–Crippen MR) is 49.9 cm³/mol. The van der Waals surface area contributed by atoms with Crippen LogP contribution in [0.1, 0.15) is 17.4 Å². The smallest absolute Gasteiger partial charge is 0.305 e. The summed E-state index contributed by atoms with van der Waals surface area (Å²) in [4.78, 5) is 37.8. The van der Waals surface area contributed by atoms with Gasteiger partial charge in [0.1, 0.15) is 5.69 Å². The highest BCUT2D eigenvalue weighted by atomic mass is 32.1. The van der Waals surface area contributed by atoms with Crippen LogP contribution in [0.2, 0.25) is 0 Å². The normalized spacial score (nSPS) is 11.8. The molecule has 0 fully saturated rings. The van der Waals surface area contributed by atoms with E-state index in [1.54, 1.807) is 0 Å². The molecule has 0 aliphatic rings. The Balaban J connectivity index is 2.56. The number of nitrogens with one attached hydrogen (secondary N) is 2. The lowest BCUT2D eigenvalue weighted by atomic mass is 10.4. The lowest BCUT2D eigenvalue weighted by Crippen LogP contribution is -2.36. The molecule has 1 rings (SSSR count). The number of aromatic nitrogens is 1. The van der Waals surface area contributed by atoms with Crippen LogP contribution in [0, 0.1) is 10.1 Å². The van der Waals surface area contributed by atoms with Gasteiger partial charge in [-0.25, -0.2) is 0 Å². The van der Waals surface area contributed by atoms with Gasteiger partial charge in [-0.2, -0.15) is 0 Å². The molecule has 0 spiro atoms. The summed E-state index contributed by atoms with van der Waals surface area (Å²) in [6.07, 6.45) is -1.07. The fraction of sp³-hybridized carbons (Fsp3) is 0.333. The van der Waals surface area contributed by atoms with Gasteiger partial charge in [0.05, 0.1) is 0 Å². The molecular weight excluding hydrogens is 226 g/mol. The fourth-order valence-corrected chi connectivity index (χ4v) is 1.37. The zero-order valence-corrected chi connectivity index (χ0v) is 8.37. The number of rotatable bonds is 4. The van der Waals surface area contributed by atoms with Crippen LogP contribution in [0.5, 0.6) is 0 Å². The summed E-state index contributed by atoms with van der Waals surface area (Å²) in [7, 11) is 0. The van der Waals surface area contributed by atoms with Gasteiger partial charge in [-0.05, 0) is 6.92 Å². The number of H-pyrrole nitrogens is 1. The van der Waals surface area contributed by atoms with Crippen LogP contribution in [0.15, 0.2) is 10.2 Å². The minimum absolute atomic E-state index is 0.0452. The van der Waals surface area contributed by atoms with E-state index < -0.39 is 17.2 Å². The summed E-state index contributed by atoms with van der Waals surface area (Å²) in [5.74, 6) is -0.636. The van der Waals surface area contributed by atoms with Gasteiger partial charge < -0.3 is 10.3 Å². The molecule has 0 saturated heterocycles. The van der Waals surface area contributed by atoms with Crippen LogP contribution >= 0.6 is 11.3 Å². The average Bonchev–Trinajstić information content (AvgIpc) is 2.49. The molecule has 9 heteroatoms. The topological polar surface area (TPSA) is 114 Å². The minimum Gasteiger partial charge on any atom is -0.326 e. The lowest BCUT2D eigenvalue weighted by Gasteiger charge is -2.09. The number of thiazole rings is 1. The van der Waals surface area contributed by atoms with Crippen LogP contribution in [0.3, 0.4) is 0 Å². The fourth-order valence-electron chi connectivity index (χ4n) is 0.809. The number of nitrogens with zero attached hydrogens (tertiary/aromatic N) is 1. The molecule has 8 nitrogen and oxygen atoms in total. The van der Waals surface area contributed by atoms with Crippen LogP contribution in [-0.2, 0) is 4.84 Å². The Labute approximate surface area is 87.0 Å². The van der Waals surface area contributed by atoms with Crippen molar-refractivity contribution >= 4 is 17.2 Å². The quantitative estimate of drug-likeness (QED) is 0.421. The van der Waals surface area contributed by atoms with Gasteiger partial charge in [0.25, 0.3) is 11.0 Å². The van der Waals surface area contributed by atoms with Crippen molar-refractivity contribution in [2.45, 2.75) is 13.2 Å². The summed E-state index contributed by atoms with van der Waals surface area (Å²) in [5.41, 5.74) is 0.0452. The SMILES string of the molecule is CC(NC(=O)c1csc(=O)[nH]1)O[N+](=O)[O-]. The van der Waals surface area contributed by atoms with Crippen molar-refractivity contribution in [3.8, 4) is 0 Å². The number of carbonyl (C=O) groups is 1. The molecule has 0 aromatic carbocycles. The van der Waals surface area contributed by atoms with Crippen LogP contribution in [-0.4, -0.2) is 22.2 Å². The maximum absolute atomic E-state index is 11.3. The van der Waals surface area contributed by atoms with Crippen molar-refractivity contribution < 1.29 is 14.7 Å². The summed E-state index contributed by atoms with van der Waals surface area (Å²) in [6.45, 7) is 1.30. The van der Waals surface area contributed by atoms with E-state index in [9.17, 15) is 19.7 Å². The van der Waals surface area contributed by atoms with E-state index in [2.05, 4.69) is 15.1 Å². The van der Waals surface area contributed by atoms with E-state index in [1.165, 1.54) is 12.3 Å². The first-order chi connectivity index (χ1) is 6.99. The molecule has 1 atom stereocenters. The first-order valence-corrected chi connectivity index (χ1v) is 4.67. The minimum atomic E-state index is -1.07. The van der Waals surface area contributed by atoms with Gasteiger partial charge in [0, 0.05) is 5.38 Å². The Morgan fingerprint density at radius 2 is 2.47 bits per heavy atom. The Hall–Kier alpha value is -1.90. The summed E-state index contributed by atoms with van der Waals surface area (Å²) >= 11 is 0.827. The molecule has 1 heterocycles. The van der Waals surface area contributed by atoms with Crippen LogP contribution < -0.4 is 10.2 Å². The molecule has 2 N–H and O–H groups in total. The van der Waals surface area contributed by atoms with E-state index in [1.807, 2.05) is 0 Å². The molecule has 0 aliphatic carbocycles. The Bertz CT molecular complexity index is 424. The molecule has 0 aliphatic heterocycles. The molecule has 1 amide bonds. The average molecular weight is 233 g/mol.